The average Bonchev–Trinajstić information content (AvgIpc) is 3.85. The van der Waals surface area contributed by atoms with Crippen molar-refractivity contribution in [1.29, 1.82) is 0 Å². The number of thiazole rings is 1. The first-order valence-corrected chi connectivity index (χ1v) is 25.2. The van der Waals surface area contributed by atoms with Gasteiger partial charge in [-0.2, -0.15) is 18.2 Å². The van der Waals surface area contributed by atoms with Crippen LogP contribution in [0.2, 0.25) is 0 Å². The third-order valence-electron chi connectivity index (χ3n) is 9.37. The number of rotatable bonds is 20. The molecule has 1 aliphatic rings. The van der Waals surface area contributed by atoms with E-state index in [0.717, 1.165) is 22.5 Å². The van der Waals surface area contributed by atoms with Crippen LogP contribution in [0.3, 0.4) is 0 Å². The fourth-order valence-electron chi connectivity index (χ4n) is 6.37. The van der Waals surface area contributed by atoms with E-state index in [4.69, 9.17) is 28.5 Å². The summed E-state index contributed by atoms with van der Waals surface area (Å²) < 4.78 is 67.9. The molecule has 25 nitrogen and oxygen atoms in total. The van der Waals surface area contributed by atoms with Gasteiger partial charge in [-0.15, -0.1) is 20.3 Å². The molecule has 1 unspecified atom stereocenters. The Labute approximate surface area is 428 Å². The molecular formula is C46H68N9O16S2+. The predicted molar refractivity (Wildman–Crippen MR) is 263 cm³/mol. The maximum atomic E-state index is 14.0. The molecule has 3 heterocycles. The Bertz CT molecular complexity index is 2600. The first-order chi connectivity index (χ1) is 33.5. The van der Waals surface area contributed by atoms with E-state index >= 15 is 0 Å². The van der Waals surface area contributed by atoms with E-state index in [0.29, 0.717) is 36.9 Å². The van der Waals surface area contributed by atoms with Gasteiger partial charge < -0.3 is 44.5 Å². The summed E-state index contributed by atoms with van der Waals surface area (Å²) >= 11 is 0.879. The number of ether oxygens (including phenoxy) is 5. The van der Waals surface area contributed by atoms with Crippen molar-refractivity contribution in [1.82, 2.24) is 30.7 Å². The molecule has 2 aromatic heterocycles. The molecule has 0 spiro atoms. The highest BCUT2D eigenvalue weighted by Gasteiger charge is 2.58. The van der Waals surface area contributed by atoms with Gasteiger partial charge in [0.1, 0.15) is 46.5 Å². The Kier molecular flexibility index (Phi) is 19.0. The van der Waals surface area contributed by atoms with E-state index < -0.39 is 98.9 Å². The number of amides is 5. The second kappa shape index (κ2) is 23.5. The van der Waals surface area contributed by atoms with Gasteiger partial charge in [0.15, 0.2) is 17.4 Å². The zero-order valence-electron chi connectivity index (χ0n) is 43.6. The van der Waals surface area contributed by atoms with Gasteiger partial charge in [-0.25, -0.2) is 24.2 Å². The monoisotopic (exact) mass is 1070 g/mol. The van der Waals surface area contributed by atoms with Gasteiger partial charge in [-0.1, -0.05) is 17.3 Å². The van der Waals surface area contributed by atoms with Gasteiger partial charge in [0.2, 0.25) is 6.20 Å². The molecule has 73 heavy (non-hydrogen) atoms. The maximum Gasteiger partial charge on any atom is 0.418 e. The smallest absolute Gasteiger partial charge is 0.418 e. The van der Waals surface area contributed by atoms with E-state index in [1.165, 1.54) is 19.2 Å². The first kappa shape index (κ1) is 59.0. The number of esters is 1. The summed E-state index contributed by atoms with van der Waals surface area (Å²) in [6.45, 7) is 24.2. The lowest BCUT2D eigenvalue weighted by Gasteiger charge is -2.50. The van der Waals surface area contributed by atoms with Crippen molar-refractivity contribution < 1.29 is 79.2 Å². The number of anilines is 1. The van der Waals surface area contributed by atoms with Gasteiger partial charge in [0, 0.05) is 11.9 Å². The van der Waals surface area contributed by atoms with Crippen LogP contribution in [0.1, 0.15) is 109 Å². The summed E-state index contributed by atoms with van der Waals surface area (Å²) in [5.74, 6) is -2.76. The van der Waals surface area contributed by atoms with Gasteiger partial charge in [-0.3, -0.25) is 19.5 Å². The Balaban J connectivity index is 1.58. The molecular weight excluding hydrogens is 999 g/mol. The summed E-state index contributed by atoms with van der Waals surface area (Å²) in [7, 11) is -5.11. The molecule has 404 valence electrons. The minimum atomic E-state index is -5.11. The minimum Gasteiger partial charge on any atom is -0.489 e. The number of carbonyl (C=O) groups is 6. The predicted octanol–water partition coefficient (Wildman–Crippen LogP) is 5.04. The fraction of sp³-hybridized carbons (Fsp3) is 0.587. The molecule has 1 aliphatic heterocycles. The summed E-state index contributed by atoms with van der Waals surface area (Å²) in [6, 6.07) is 5.45. The highest BCUT2D eigenvalue weighted by atomic mass is 32.3. The molecule has 0 saturated carbocycles. The van der Waals surface area contributed by atoms with Crippen LogP contribution in [0.25, 0.3) is 11.1 Å². The molecule has 0 bridgehead atoms. The normalized spacial score (nSPS) is 15.5. The van der Waals surface area contributed by atoms with Crippen LogP contribution in [0.4, 0.5) is 19.5 Å². The number of aromatic nitrogens is 3. The third kappa shape index (κ3) is 19.4. The van der Waals surface area contributed by atoms with E-state index in [1.807, 2.05) is 21.8 Å². The molecule has 5 amide bonds. The number of oxime groups is 1. The van der Waals surface area contributed by atoms with Crippen LogP contribution >= 0.6 is 11.3 Å². The largest absolute Gasteiger partial charge is 0.489 e. The van der Waals surface area contributed by atoms with Crippen molar-refractivity contribution in [3.8, 4) is 16.9 Å². The van der Waals surface area contributed by atoms with Crippen molar-refractivity contribution in [2.75, 3.05) is 25.0 Å². The zero-order valence-corrected chi connectivity index (χ0v) is 45.2. The molecule has 27 heteroatoms. The van der Waals surface area contributed by atoms with Gasteiger partial charge in [-0.05, 0) is 121 Å². The molecule has 3 aromatic rings. The maximum absolute atomic E-state index is 14.0. The van der Waals surface area contributed by atoms with Crippen LogP contribution in [-0.4, -0.2) is 129 Å². The lowest BCUT2D eigenvalue weighted by molar-refractivity contribution is -0.773. The Morgan fingerprint density at radius 3 is 1.95 bits per heavy atom. The molecule has 1 saturated heterocycles. The molecule has 0 aliphatic carbocycles. The number of hydroxylamine groups is 2. The lowest BCUT2D eigenvalue weighted by Crippen LogP contribution is -2.76. The second-order valence-electron chi connectivity index (χ2n) is 21.0. The number of benzene rings is 1. The molecule has 5 N–H and O–H groups in total. The van der Waals surface area contributed by atoms with Gasteiger partial charge in [0.25, 0.3) is 17.9 Å². The lowest BCUT2D eigenvalue weighted by atomic mass is 9.84. The molecule has 2 atom stereocenters. The number of carbonyl (C=O) groups excluding carboxylic acids is 6. The number of aryl methyl sites for hydroxylation is 1. The molecule has 1 aromatic carbocycles. The third-order valence-corrected chi connectivity index (χ3v) is 10.5. The highest BCUT2D eigenvalue weighted by molar-refractivity contribution is 7.80. The Morgan fingerprint density at radius 1 is 0.836 bits per heavy atom. The molecule has 4 rings (SSSR count). The van der Waals surface area contributed by atoms with Crippen LogP contribution in [-0.2, 0) is 65.9 Å². The van der Waals surface area contributed by atoms with Crippen molar-refractivity contribution in [3.05, 3.63) is 47.7 Å². The number of alkyl carbamates (subject to hydrolysis) is 2. The van der Waals surface area contributed by atoms with E-state index in [9.17, 15) is 41.7 Å². The fourth-order valence-corrected chi connectivity index (χ4v) is 7.50. The summed E-state index contributed by atoms with van der Waals surface area (Å²) in [6.07, 6.45) is 0.819. The zero-order chi connectivity index (χ0) is 54.9. The van der Waals surface area contributed by atoms with E-state index in [1.54, 1.807) is 107 Å². The number of hydrogen-bond donors (Lipinski definition) is 5. The SMILES string of the molecule is CC(C)(C)OC(=O)NCCCn1cc(-c2ccc(OCC(O/N=C(\C(=O)N[C@@H]3C(=O)N(OS(=O)(=O)O)C3(C)C)c3csc(NC(=O)OC(C)(C)C)n3)C(=O)OC(C)(C)C)cc2)c[n+]1CCNC(=O)OC(C)(C)C. The number of β-lactam (4-membered cyclic amide) rings is 1. The van der Waals surface area contributed by atoms with Gasteiger partial charge in [0.05, 0.1) is 30.4 Å². The second-order valence-corrected chi connectivity index (χ2v) is 22.9. The minimum absolute atomic E-state index is 0.0258. The van der Waals surface area contributed by atoms with Crippen molar-refractivity contribution >= 4 is 68.6 Å². The number of nitrogens with zero attached hydrogens (tertiary/aromatic N) is 5. The Morgan fingerprint density at radius 2 is 1.40 bits per heavy atom. The van der Waals surface area contributed by atoms with E-state index in [2.05, 4.69) is 35.7 Å². The van der Waals surface area contributed by atoms with Crippen LogP contribution in [0, 0.1) is 0 Å². The van der Waals surface area contributed by atoms with Crippen molar-refractivity contribution in [3.63, 3.8) is 0 Å². The Hall–Kier alpha value is -6.58. The quantitative estimate of drug-likeness (QED) is 0.0145. The topological polar surface area (TPSA) is 307 Å². The average molecular weight is 1070 g/mol. The van der Waals surface area contributed by atoms with Crippen LogP contribution < -0.4 is 30.7 Å². The highest BCUT2D eigenvalue weighted by Crippen LogP contribution is 2.33. The van der Waals surface area contributed by atoms with Gasteiger partial charge >= 0.3 is 34.6 Å². The molecule has 0 radical (unpaired) electrons. The summed E-state index contributed by atoms with van der Waals surface area (Å²) in [4.78, 5) is 87.6. The number of hydrogen-bond acceptors (Lipinski definition) is 18. The van der Waals surface area contributed by atoms with Crippen LogP contribution in [0.5, 0.6) is 5.75 Å². The standard InChI is InChI=1S/C46H67N9O16S2/c1-42(2,3)66-37(58)32(70-52-33(31-27-72-38(49-31)51-41(61)69-45(10,11)12)35(56)50-34-36(57)55(46(34,13)14)71-73(62,63)64)26-65-30-18-16-28(17-19-30)29-24-53(22-15-20-47-39(59)67-43(4,5)6)54(25-29)23-21-48-40(60)68-44(7,8)9/h16-19,24-25,27,32,34H,15,20-23,26H2,1-14H3,(H4-,47,48,49,50,51,56,59,60,61,62,63,64)/p+1/b52-33-/t32?,34-/m1/s1. The molecule has 1 fully saturated rings. The summed E-state index contributed by atoms with van der Waals surface area (Å²) in [5.41, 5.74) is -3.90. The van der Waals surface area contributed by atoms with Crippen molar-refractivity contribution in [2.24, 2.45) is 5.16 Å². The summed E-state index contributed by atoms with van der Waals surface area (Å²) in [5, 5.41) is 16.1. The van der Waals surface area contributed by atoms with E-state index in [-0.39, 0.29) is 17.4 Å². The van der Waals surface area contributed by atoms with Crippen molar-refractivity contribution in [2.45, 2.75) is 157 Å². The first-order valence-electron chi connectivity index (χ1n) is 23.0. The van der Waals surface area contributed by atoms with Crippen LogP contribution in [0.15, 0.2) is 47.2 Å². The number of nitrogens with one attached hydrogen (secondary N) is 4.